The van der Waals surface area contributed by atoms with E-state index in [0.29, 0.717) is 0 Å². The van der Waals surface area contributed by atoms with Crippen molar-refractivity contribution in [3.63, 3.8) is 0 Å². The maximum atomic E-state index is 4.68. The molecular weight excluding hydrogens is 524 g/mol. The molecule has 0 aliphatic carbocycles. The Morgan fingerprint density at radius 2 is 0.628 bits per heavy atom. The van der Waals surface area contributed by atoms with Crippen LogP contribution in [0.4, 0.5) is 0 Å². The molecule has 207 valence electrons. The lowest BCUT2D eigenvalue weighted by molar-refractivity contribution is -0.0934. The average Bonchev–Trinajstić information content (AvgIpc) is 3.59. The molecule has 4 nitrogen and oxygen atoms in total. The number of nitrogens with zero attached hydrogens (tertiary/aromatic N) is 3. The third-order valence-electron chi connectivity index (χ3n) is 8.27. The van der Waals surface area contributed by atoms with Crippen molar-refractivity contribution in [3.8, 4) is 0 Å². The van der Waals surface area contributed by atoms with Gasteiger partial charge in [0.25, 0.3) is 0 Å². The van der Waals surface area contributed by atoms with Crippen molar-refractivity contribution in [2.75, 3.05) is 0 Å². The van der Waals surface area contributed by atoms with Gasteiger partial charge in [0.2, 0.25) is 6.34 Å². The SMILES string of the molecule is [C]1=NNN(C(c2ccccc2)(c2ccccc2)c2ccccc2)N1C(c1ccccc1)(c1ccccc1)c1ccccc1. The van der Waals surface area contributed by atoms with Crippen molar-refractivity contribution in [2.24, 2.45) is 5.10 Å². The van der Waals surface area contributed by atoms with Crippen LogP contribution in [0.5, 0.6) is 0 Å². The highest BCUT2D eigenvalue weighted by molar-refractivity contribution is 5.65. The lowest BCUT2D eigenvalue weighted by atomic mass is 9.74. The van der Waals surface area contributed by atoms with Gasteiger partial charge in [-0.3, -0.25) is 0 Å². The lowest BCUT2D eigenvalue weighted by Gasteiger charge is -2.52. The van der Waals surface area contributed by atoms with Gasteiger partial charge in [-0.15, -0.1) is 5.10 Å². The summed E-state index contributed by atoms with van der Waals surface area (Å²) in [5, 5.41) is 8.99. The van der Waals surface area contributed by atoms with E-state index in [4.69, 9.17) is 0 Å². The first kappa shape index (κ1) is 26.4. The molecule has 6 aromatic carbocycles. The number of hydrazone groups is 1. The van der Waals surface area contributed by atoms with E-state index in [1.54, 1.807) is 0 Å². The second kappa shape index (κ2) is 11.4. The van der Waals surface area contributed by atoms with Crippen LogP contribution in [0.1, 0.15) is 33.4 Å². The Balaban J connectivity index is 1.60. The minimum absolute atomic E-state index is 0.833. The number of hydrogen-bond acceptors (Lipinski definition) is 4. The fourth-order valence-corrected chi connectivity index (χ4v) is 6.47. The standard InChI is InChI=1S/C39H31N4/c1-7-19-32(20-8-1)38(33-21-9-2-10-22-33,34-23-11-3-12-24-34)42-31-40-41-43(42)39(35-25-13-4-14-26-35,36-27-15-5-16-28-36)37-29-17-6-18-30-37/h1-30,41H. The number of hydrazine groups is 2. The molecule has 1 N–H and O–H groups in total. The lowest BCUT2D eigenvalue weighted by Crippen LogP contribution is -2.64. The van der Waals surface area contributed by atoms with E-state index in [9.17, 15) is 0 Å². The molecular formula is C39H31N4. The van der Waals surface area contributed by atoms with E-state index in [1.807, 2.05) is 0 Å². The molecule has 4 heteroatoms. The monoisotopic (exact) mass is 555 g/mol. The molecule has 6 aromatic rings. The Morgan fingerprint density at radius 1 is 0.372 bits per heavy atom. The fourth-order valence-electron chi connectivity index (χ4n) is 6.47. The Kier molecular flexibility index (Phi) is 7.04. The van der Waals surface area contributed by atoms with E-state index in [1.165, 1.54) is 0 Å². The second-order valence-corrected chi connectivity index (χ2v) is 10.6. The van der Waals surface area contributed by atoms with Crippen LogP contribution >= 0.6 is 0 Å². The highest BCUT2D eigenvalue weighted by Gasteiger charge is 2.54. The minimum atomic E-state index is -0.833. The predicted octanol–water partition coefficient (Wildman–Crippen LogP) is 7.83. The molecule has 1 aliphatic rings. The summed E-state index contributed by atoms with van der Waals surface area (Å²) in [4.78, 5) is 0. The van der Waals surface area contributed by atoms with Gasteiger partial charge >= 0.3 is 0 Å². The van der Waals surface area contributed by atoms with Crippen molar-refractivity contribution in [1.82, 2.24) is 15.7 Å². The van der Waals surface area contributed by atoms with E-state index in [-0.39, 0.29) is 0 Å². The van der Waals surface area contributed by atoms with Gasteiger partial charge in [0.05, 0.1) is 0 Å². The smallest absolute Gasteiger partial charge is 0.213 e. The highest BCUT2D eigenvalue weighted by Crippen LogP contribution is 2.49. The van der Waals surface area contributed by atoms with E-state index >= 15 is 0 Å². The van der Waals surface area contributed by atoms with E-state index in [2.05, 4.69) is 209 Å². The largest absolute Gasteiger partial charge is 0.244 e. The molecule has 0 atom stereocenters. The van der Waals surface area contributed by atoms with Gasteiger partial charge in [0.1, 0.15) is 11.1 Å². The summed E-state index contributed by atoms with van der Waals surface area (Å²) in [7, 11) is 0. The third kappa shape index (κ3) is 4.32. The van der Waals surface area contributed by atoms with E-state index in [0.717, 1.165) is 33.4 Å². The number of rotatable bonds is 8. The quantitative estimate of drug-likeness (QED) is 0.194. The molecule has 0 amide bonds. The van der Waals surface area contributed by atoms with Gasteiger partial charge in [-0.25, -0.2) is 10.5 Å². The predicted molar refractivity (Wildman–Crippen MR) is 173 cm³/mol. The number of nitrogens with one attached hydrogen (secondary N) is 1. The summed E-state index contributed by atoms with van der Waals surface area (Å²) >= 11 is 0. The molecule has 1 aliphatic heterocycles. The molecule has 43 heavy (non-hydrogen) atoms. The van der Waals surface area contributed by atoms with Gasteiger partial charge in [0, 0.05) is 0 Å². The summed E-state index contributed by atoms with van der Waals surface area (Å²) in [6.07, 6.45) is 3.43. The third-order valence-corrected chi connectivity index (χ3v) is 8.27. The zero-order chi connectivity index (χ0) is 29.0. The first-order chi connectivity index (χ1) is 21.4. The van der Waals surface area contributed by atoms with Crippen molar-refractivity contribution in [2.45, 2.75) is 11.1 Å². The first-order valence-corrected chi connectivity index (χ1v) is 14.5. The van der Waals surface area contributed by atoms with Crippen LogP contribution in [0.25, 0.3) is 0 Å². The Hall–Kier alpha value is -5.45. The van der Waals surface area contributed by atoms with Gasteiger partial charge in [-0.2, -0.15) is 0 Å². The van der Waals surface area contributed by atoms with Crippen molar-refractivity contribution in [3.05, 3.63) is 215 Å². The van der Waals surface area contributed by atoms with Crippen molar-refractivity contribution >= 4 is 6.34 Å². The van der Waals surface area contributed by atoms with Crippen LogP contribution in [-0.4, -0.2) is 16.5 Å². The topological polar surface area (TPSA) is 30.9 Å². The van der Waals surface area contributed by atoms with E-state index < -0.39 is 11.1 Å². The summed E-state index contributed by atoms with van der Waals surface area (Å²) in [5.74, 6) is 0. The maximum Gasteiger partial charge on any atom is 0.213 e. The van der Waals surface area contributed by atoms with Crippen molar-refractivity contribution < 1.29 is 0 Å². The molecule has 1 radical (unpaired) electrons. The number of benzene rings is 6. The Bertz CT molecular complexity index is 1580. The van der Waals surface area contributed by atoms with Crippen molar-refractivity contribution in [1.29, 1.82) is 0 Å². The maximum absolute atomic E-state index is 4.68. The normalized spacial score (nSPS) is 13.5. The Labute approximate surface area is 253 Å². The molecule has 1 heterocycles. The summed E-state index contributed by atoms with van der Waals surface area (Å²) in [5.41, 5.74) is 8.30. The molecule has 0 spiro atoms. The number of hydrogen-bond donors (Lipinski definition) is 1. The van der Waals surface area contributed by atoms with Gasteiger partial charge in [0.15, 0.2) is 0 Å². The van der Waals surface area contributed by atoms with Crippen LogP contribution in [0.3, 0.4) is 0 Å². The molecule has 0 unspecified atom stereocenters. The Morgan fingerprint density at radius 3 is 0.907 bits per heavy atom. The molecule has 0 saturated heterocycles. The fraction of sp³-hybridized carbons (Fsp3) is 0.0513. The second-order valence-electron chi connectivity index (χ2n) is 10.6. The minimum Gasteiger partial charge on any atom is -0.244 e. The molecule has 0 fully saturated rings. The molecule has 7 rings (SSSR count). The van der Waals surface area contributed by atoms with Gasteiger partial charge < -0.3 is 0 Å². The van der Waals surface area contributed by atoms with Crippen LogP contribution < -0.4 is 5.53 Å². The van der Waals surface area contributed by atoms with Crippen LogP contribution in [0.2, 0.25) is 0 Å². The summed E-state index contributed by atoms with van der Waals surface area (Å²) < 4.78 is 0. The highest BCUT2D eigenvalue weighted by atomic mass is 15.9. The summed E-state index contributed by atoms with van der Waals surface area (Å²) in [6, 6.07) is 63.8. The van der Waals surface area contributed by atoms with Gasteiger partial charge in [-0.1, -0.05) is 187 Å². The average molecular weight is 556 g/mol. The van der Waals surface area contributed by atoms with Crippen LogP contribution in [0, 0.1) is 0 Å². The zero-order valence-electron chi connectivity index (χ0n) is 23.7. The van der Waals surface area contributed by atoms with Crippen LogP contribution in [0.15, 0.2) is 187 Å². The van der Waals surface area contributed by atoms with Crippen LogP contribution in [-0.2, 0) is 11.1 Å². The molecule has 0 aromatic heterocycles. The summed E-state index contributed by atoms with van der Waals surface area (Å²) in [6.45, 7) is 0. The zero-order valence-corrected chi connectivity index (χ0v) is 23.7. The van der Waals surface area contributed by atoms with Gasteiger partial charge in [-0.05, 0) is 33.4 Å². The molecule has 0 bridgehead atoms. The first-order valence-electron chi connectivity index (χ1n) is 14.5. The molecule has 0 saturated carbocycles.